The van der Waals surface area contributed by atoms with Gasteiger partial charge in [0.25, 0.3) is 5.91 Å². The molecular formula is C18H14N4OS. The summed E-state index contributed by atoms with van der Waals surface area (Å²) in [7, 11) is 0. The zero-order valence-electron chi connectivity index (χ0n) is 12.7. The lowest BCUT2D eigenvalue weighted by atomic mass is 10.2. The van der Waals surface area contributed by atoms with Crippen LogP contribution in [0.2, 0.25) is 0 Å². The largest absolute Gasteiger partial charge is 0.343 e. The first-order chi connectivity index (χ1) is 11.8. The molecule has 2 N–H and O–H groups in total. The number of thiophene rings is 1. The number of nitrogens with zero attached hydrogens (tertiary/aromatic N) is 2. The standard InChI is InChI=1S/C18H14N4OS/c23-18(15-8-3-7-14(20-15)16-9-4-10-24-16)19-11-17-21-12-5-1-2-6-13(12)22-17/h1-10H,11H2,(H,19,23)(H,21,22). The van der Waals surface area contributed by atoms with Crippen LogP contribution in [0, 0.1) is 0 Å². The van der Waals surface area contributed by atoms with Crippen molar-refractivity contribution in [2.75, 3.05) is 0 Å². The molecule has 6 heteroatoms. The van der Waals surface area contributed by atoms with Gasteiger partial charge in [0, 0.05) is 0 Å². The Morgan fingerprint density at radius 1 is 1.04 bits per heavy atom. The second kappa shape index (κ2) is 6.25. The number of carbonyl (C=O) groups excluding carboxylic acids is 1. The molecule has 4 rings (SSSR count). The molecule has 0 aliphatic rings. The van der Waals surface area contributed by atoms with Gasteiger partial charge in [-0.25, -0.2) is 9.97 Å². The van der Waals surface area contributed by atoms with Crippen molar-refractivity contribution in [3.63, 3.8) is 0 Å². The van der Waals surface area contributed by atoms with E-state index >= 15 is 0 Å². The van der Waals surface area contributed by atoms with Crippen molar-refractivity contribution in [2.45, 2.75) is 6.54 Å². The average molecular weight is 334 g/mol. The third-order valence-corrected chi connectivity index (χ3v) is 4.50. The highest BCUT2D eigenvalue weighted by Gasteiger charge is 2.10. The van der Waals surface area contributed by atoms with Gasteiger partial charge >= 0.3 is 0 Å². The Bertz CT molecular complexity index is 958. The van der Waals surface area contributed by atoms with Gasteiger partial charge in [-0.2, -0.15) is 0 Å². The summed E-state index contributed by atoms with van der Waals surface area (Å²) in [5.74, 6) is 0.507. The van der Waals surface area contributed by atoms with E-state index in [0.717, 1.165) is 27.4 Å². The number of nitrogens with one attached hydrogen (secondary N) is 2. The number of aromatic amines is 1. The van der Waals surface area contributed by atoms with Crippen LogP contribution < -0.4 is 5.32 Å². The quantitative estimate of drug-likeness (QED) is 0.599. The molecule has 0 spiro atoms. The first kappa shape index (κ1) is 14.6. The Labute approximate surface area is 142 Å². The van der Waals surface area contributed by atoms with Gasteiger partial charge in [0.1, 0.15) is 11.5 Å². The molecule has 0 unspecified atom stereocenters. The molecule has 0 fully saturated rings. The molecule has 0 saturated heterocycles. The van der Waals surface area contributed by atoms with E-state index < -0.39 is 0 Å². The average Bonchev–Trinajstić information content (AvgIpc) is 3.29. The SMILES string of the molecule is O=C(NCc1nc2ccccc2[nH]1)c1cccc(-c2cccs2)n1. The van der Waals surface area contributed by atoms with E-state index in [2.05, 4.69) is 20.3 Å². The van der Waals surface area contributed by atoms with E-state index in [4.69, 9.17) is 0 Å². The summed E-state index contributed by atoms with van der Waals surface area (Å²) >= 11 is 1.60. The molecule has 0 saturated carbocycles. The number of hydrogen-bond acceptors (Lipinski definition) is 4. The molecule has 0 aliphatic heterocycles. The van der Waals surface area contributed by atoms with Gasteiger partial charge in [0.2, 0.25) is 0 Å². The van der Waals surface area contributed by atoms with Crippen LogP contribution in [0.3, 0.4) is 0 Å². The number of pyridine rings is 1. The van der Waals surface area contributed by atoms with E-state index in [1.807, 2.05) is 53.9 Å². The number of para-hydroxylation sites is 2. The summed E-state index contributed by atoms with van der Waals surface area (Å²) in [6.45, 7) is 0.332. The highest BCUT2D eigenvalue weighted by molar-refractivity contribution is 7.13. The van der Waals surface area contributed by atoms with E-state index in [-0.39, 0.29) is 5.91 Å². The van der Waals surface area contributed by atoms with Crippen molar-refractivity contribution in [1.82, 2.24) is 20.3 Å². The van der Waals surface area contributed by atoms with Gasteiger partial charge in [0.15, 0.2) is 0 Å². The maximum atomic E-state index is 12.3. The number of carbonyl (C=O) groups is 1. The minimum atomic E-state index is -0.214. The van der Waals surface area contributed by atoms with Crippen LogP contribution in [0.1, 0.15) is 16.3 Å². The lowest BCUT2D eigenvalue weighted by Gasteiger charge is -2.04. The predicted octanol–water partition coefficient (Wildman–Crippen LogP) is 3.62. The van der Waals surface area contributed by atoms with Gasteiger partial charge in [-0.15, -0.1) is 11.3 Å². The van der Waals surface area contributed by atoms with Gasteiger partial charge in [-0.3, -0.25) is 4.79 Å². The predicted molar refractivity (Wildman–Crippen MR) is 94.8 cm³/mol. The molecule has 24 heavy (non-hydrogen) atoms. The molecule has 3 heterocycles. The molecule has 0 radical (unpaired) electrons. The van der Waals surface area contributed by atoms with E-state index in [1.54, 1.807) is 17.4 Å². The van der Waals surface area contributed by atoms with Crippen molar-refractivity contribution in [3.05, 3.63) is 71.5 Å². The third kappa shape index (κ3) is 2.91. The fourth-order valence-corrected chi connectivity index (χ4v) is 3.16. The van der Waals surface area contributed by atoms with Crippen molar-refractivity contribution < 1.29 is 4.79 Å². The molecule has 0 atom stereocenters. The number of aromatic nitrogens is 3. The number of benzene rings is 1. The van der Waals surface area contributed by atoms with Crippen molar-refractivity contribution in [3.8, 4) is 10.6 Å². The molecule has 0 bridgehead atoms. The van der Waals surface area contributed by atoms with Crippen LogP contribution in [0.15, 0.2) is 60.0 Å². The van der Waals surface area contributed by atoms with Gasteiger partial charge in [0.05, 0.1) is 28.1 Å². The first-order valence-electron chi connectivity index (χ1n) is 7.52. The Hall–Kier alpha value is -2.99. The zero-order chi connectivity index (χ0) is 16.4. The summed E-state index contributed by atoms with van der Waals surface area (Å²) in [5, 5.41) is 4.85. The first-order valence-corrected chi connectivity index (χ1v) is 8.40. The Morgan fingerprint density at radius 3 is 2.79 bits per heavy atom. The highest BCUT2D eigenvalue weighted by Crippen LogP contribution is 2.22. The summed E-state index contributed by atoms with van der Waals surface area (Å²) in [6.07, 6.45) is 0. The minimum Gasteiger partial charge on any atom is -0.343 e. The molecule has 1 aromatic carbocycles. The van der Waals surface area contributed by atoms with E-state index in [0.29, 0.717) is 12.2 Å². The summed E-state index contributed by atoms with van der Waals surface area (Å²) in [6, 6.07) is 17.2. The molecule has 1 amide bonds. The van der Waals surface area contributed by atoms with Crippen molar-refractivity contribution in [1.29, 1.82) is 0 Å². The van der Waals surface area contributed by atoms with Crippen LogP contribution in [0.25, 0.3) is 21.6 Å². The zero-order valence-corrected chi connectivity index (χ0v) is 13.5. The Morgan fingerprint density at radius 2 is 1.96 bits per heavy atom. The van der Waals surface area contributed by atoms with E-state index in [1.165, 1.54) is 0 Å². The maximum absolute atomic E-state index is 12.3. The maximum Gasteiger partial charge on any atom is 0.270 e. The van der Waals surface area contributed by atoms with Crippen molar-refractivity contribution >= 4 is 28.3 Å². The summed E-state index contributed by atoms with van der Waals surface area (Å²) < 4.78 is 0. The fourth-order valence-electron chi connectivity index (χ4n) is 2.47. The fraction of sp³-hybridized carbons (Fsp3) is 0.0556. The second-order valence-corrected chi connectivity index (χ2v) is 6.22. The second-order valence-electron chi connectivity index (χ2n) is 5.27. The number of imidazole rings is 1. The number of rotatable bonds is 4. The Balaban J connectivity index is 1.49. The van der Waals surface area contributed by atoms with E-state index in [9.17, 15) is 4.79 Å². The van der Waals surface area contributed by atoms with Gasteiger partial charge in [-0.05, 0) is 35.7 Å². The topological polar surface area (TPSA) is 70.7 Å². The molecule has 4 aromatic rings. The number of H-pyrrole nitrogens is 1. The lowest BCUT2D eigenvalue weighted by Crippen LogP contribution is -2.24. The lowest BCUT2D eigenvalue weighted by molar-refractivity contribution is 0.0945. The highest BCUT2D eigenvalue weighted by atomic mass is 32.1. The monoisotopic (exact) mass is 334 g/mol. The van der Waals surface area contributed by atoms with Crippen LogP contribution in [0.4, 0.5) is 0 Å². The normalized spacial score (nSPS) is 10.8. The summed E-state index contributed by atoms with van der Waals surface area (Å²) in [5.41, 5.74) is 3.05. The minimum absolute atomic E-state index is 0.214. The third-order valence-electron chi connectivity index (χ3n) is 3.61. The molecule has 5 nitrogen and oxygen atoms in total. The smallest absolute Gasteiger partial charge is 0.270 e. The number of amides is 1. The molecule has 0 aliphatic carbocycles. The summed E-state index contributed by atoms with van der Waals surface area (Å²) in [4.78, 5) is 25.5. The number of hydrogen-bond donors (Lipinski definition) is 2. The van der Waals surface area contributed by atoms with Crippen molar-refractivity contribution in [2.24, 2.45) is 0 Å². The molecule has 118 valence electrons. The van der Waals surface area contributed by atoms with Gasteiger partial charge in [-0.1, -0.05) is 24.3 Å². The molecular weight excluding hydrogens is 320 g/mol. The Kier molecular flexibility index (Phi) is 3.80. The van der Waals surface area contributed by atoms with Gasteiger partial charge < -0.3 is 10.3 Å². The van der Waals surface area contributed by atoms with Crippen LogP contribution >= 0.6 is 11.3 Å². The van der Waals surface area contributed by atoms with Crippen LogP contribution in [-0.4, -0.2) is 20.9 Å². The number of fused-ring (bicyclic) bond motifs is 1. The molecule has 3 aromatic heterocycles. The van der Waals surface area contributed by atoms with Crippen LogP contribution in [0.5, 0.6) is 0 Å². The van der Waals surface area contributed by atoms with Crippen LogP contribution in [-0.2, 0) is 6.54 Å².